The van der Waals surface area contributed by atoms with Crippen LogP contribution in [0.1, 0.15) is 26.7 Å². The van der Waals surface area contributed by atoms with Gasteiger partial charge in [-0.25, -0.2) is 0 Å². The van der Waals surface area contributed by atoms with Gasteiger partial charge in [0.15, 0.2) is 0 Å². The Morgan fingerprint density at radius 1 is 1.33 bits per heavy atom. The van der Waals surface area contributed by atoms with Crippen LogP contribution in [0.2, 0.25) is 0 Å². The van der Waals surface area contributed by atoms with Crippen molar-refractivity contribution >= 4 is 5.91 Å². The average molecular weight is 210 g/mol. The predicted octanol–water partition coefficient (Wildman–Crippen LogP) is 1.10. The third kappa shape index (κ3) is 2.33. The molecule has 2 saturated heterocycles. The first-order chi connectivity index (χ1) is 7.18. The van der Waals surface area contributed by atoms with Gasteiger partial charge in [-0.05, 0) is 31.2 Å². The van der Waals surface area contributed by atoms with Crippen molar-refractivity contribution in [2.24, 2.45) is 17.8 Å². The monoisotopic (exact) mass is 210 g/mol. The van der Waals surface area contributed by atoms with Crippen molar-refractivity contribution in [2.75, 3.05) is 26.2 Å². The first-order valence-electron chi connectivity index (χ1n) is 6.18. The van der Waals surface area contributed by atoms with Crippen molar-refractivity contribution in [3.05, 3.63) is 0 Å². The largest absolute Gasteiger partial charge is 0.342 e. The number of nitrogens with one attached hydrogen (secondary N) is 1. The Labute approximate surface area is 92.2 Å². The number of nitrogens with zero attached hydrogens (tertiary/aromatic N) is 1. The quantitative estimate of drug-likeness (QED) is 0.703. The highest BCUT2D eigenvalue weighted by atomic mass is 16.2. The summed E-state index contributed by atoms with van der Waals surface area (Å²) in [6, 6.07) is 0. The molecule has 0 bridgehead atoms. The summed E-state index contributed by atoms with van der Waals surface area (Å²) in [5.74, 6) is 1.82. The standard InChI is InChI=1S/C12H22N2O/c1-9-4-3-5-14(8-9)12(15)11-7-13-6-10(11)2/h9-11,13H,3-8H2,1-2H3. The molecule has 0 aliphatic carbocycles. The first kappa shape index (κ1) is 10.9. The minimum Gasteiger partial charge on any atom is -0.342 e. The van der Waals surface area contributed by atoms with Crippen molar-refractivity contribution in [1.29, 1.82) is 0 Å². The van der Waals surface area contributed by atoms with Gasteiger partial charge >= 0.3 is 0 Å². The van der Waals surface area contributed by atoms with E-state index in [1.54, 1.807) is 0 Å². The van der Waals surface area contributed by atoms with Crippen LogP contribution in [0.3, 0.4) is 0 Å². The third-order valence-corrected chi connectivity index (χ3v) is 3.80. The molecule has 2 rings (SSSR count). The van der Waals surface area contributed by atoms with E-state index in [2.05, 4.69) is 24.1 Å². The maximum absolute atomic E-state index is 12.2. The fourth-order valence-corrected chi connectivity index (χ4v) is 2.76. The third-order valence-electron chi connectivity index (χ3n) is 3.80. The Morgan fingerprint density at radius 3 is 2.73 bits per heavy atom. The Morgan fingerprint density at radius 2 is 2.13 bits per heavy atom. The Kier molecular flexibility index (Phi) is 3.29. The van der Waals surface area contributed by atoms with E-state index in [0.717, 1.165) is 26.2 Å². The summed E-state index contributed by atoms with van der Waals surface area (Å²) in [6.45, 7) is 8.25. The lowest BCUT2D eigenvalue weighted by Crippen LogP contribution is -2.44. The molecular formula is C12H22N2O. The molecule has 1 amide bonds. The van der Waals surface area contributed by atoms with E-state index in [0.29, 0.717) is 17.7 Å². The van der Waals surface area contributed by atoms with Crippen LogP contribution in [-0.4, -0.2) is 37.0 Å². The normalized spacial score (nSPS) is 36.9. The molecule has 0 aromatic rings. The average Bonchev–Trinajstić information content (AvgIpc) is 2.63. The Balaban J connectivity index is 1.94. The molecule has 2 heterocycles. The SMILES string of the molecule is CC1CCCN(C(=O)C2CNCC2C)C1. The van der Waals surface area contributed by atoms with E-state index in [1.165, 1.54) is 12.8 Å². The molecule has 2 aliphatic heterocycles. The van der Waals surface area contributed by atoms with Crippen LogP contribution < -0.4 is 5.32 Å². The van der Waals surface area contributed by atoms with Crippen LogP contribution in [0.15, 0.2) is 0 Å². The van der Waals surface area contributed by atoms with Crippen LogP contribution in [0.25, 0.3) is 0 Å². The van der Waals surface area contributed by atoms with Crippen LogP contribution in [0.5, 0.6) is 0 Å². The zero-order valence-corrected chi connectivity index (χ0v) is 9.83. The van der Waals surface area contributed by atoms with Crippen LogP contribution >= 0.6 is 0 Å². The molecule has 0 saturated carbocycles. The van der Waals surface area contributed by atoms with Crippen LogP contribution in [-0.2, 0) is 4.79 Å². The molecule has 3 unspecified atom stereocenters. The van der Waals surface area contributed by atoms with Crippen molar-refractivity contribution in [1.82, 2.24) is 10.2 Å². The number of hydrogen-bond donors (Lipinski definition) is 1. The molecule has 1 N–H and O–H groups in total. The number of carbonyl (C=O) groups is 1. The zero-order valence-electron chi connectivity index (χ0n) is 9.83. The summed E-state index contributed by atoms with van der Waals surface area (Å²) in [6.07, 6.45) is 2.46. The van der Waals surface area contributed by atoms with Crippen LogP contribution in [0.4, 0.5) is 0 Å². The van der Waals surface area contributed by atoms with Gasteiger partial charge < -0.3 is 10.2 Å². The van der Waals surface area contributed by atoms with E-state index < -0.39 is 0 Å². The Bertz CT molecular complexity index is 242. The lowest BCUT2D eigenvalue weighted by Gasteiger charge is -2.33. The summed E-state index contributed by atoms with van der Waals surface area (Å²) >= 11 is 0. The fourth-order valence-electron chi connectivity index (χ4n) is 2.76. The van der Waals surface area contributed by atoms with Crippen molar-refractivity contribution in [3.63, 3.8) is 0 Å². The minimum atomic E-state index is 0.232. The van der Waals surface area contributed by atoms with Gasteiger partial charge in [-0.15, -0.1) is 0 Å². The number of likely N-dealkylation sites (tertiary alicyclic amines) is 1. The molecule has 0 aromatic heterocycles. The van der Waals surface area contributed by atoms with E-state index in [1.807, 2.05) is 0 Å². The summed E-state index contributed by atoms with van der Waals surface area (Å²) in [5, 5.41) is 3.31. The van der Waals surface area contributed by atoms with Gasteiger partial charge in [0.25, 0.3) is 0 Å². The molecule has 86 valence electrons. The number of piperidine rings is 1. The second-order valence-corrected chi connectivity index (χ2v) is 5.27. The van der Waals surface area contributed by atoms with E-state index in [9.17, 15) is 4.79 Å². The first-order valence-corrected chi connectivity index (χ1v) is 6.18. The lowest BCUT2D eigenvalue weighted by molar-refractivity contribution is -0.137. The smallest absolute Gasteiger partial charge is 0.227 e. The molecule has 0 radical (unpaired) electrons. The van der Waals surface area contributed by atoms with Gasteiger partial charge in [-0.1, -0.05) is 13.8 Å². The highest BCUT2D eigenvalue weighted by molar-refractivity contribution is 5.79. The van der Waals surface area contributed by atoms with Crippen molar-refractivity contribution in [2.45, 2.75) is 26.7 Å². The molecule has 2 fully saturated rings. The summed E-state index contributed by atoms with van der Waals surface area (Å²) < 4.78 is 0. The van der Waals surface area contributed by atoms with Gasteiger partial charge in [-0.2, -0.15) is 0 Å². The summed E-state index contributed by atoms with van der Waals surface area (Å²) in [5.41, 5.74) is 0. The second kappa shape index (κ2) is 4.52. The number of carbonyl (C=O) groups excluding carboxylic acids is 1. The molecule has 0 aromatic carbocycles. The number of hydrogen-bond acceptors (Lipinski definition) is 2. The number of rotatable bonds is 1. The van der Waals surface area contributed by atoms with E-state index >= 15 is 0 Å². The van der Waals surface area contributed by atoms with Gasteiger partial charge in [-0.3, -0.25) is 4.79 Å². The molecular weight excluding hydrogens is 188 g/mol. The molecule has 15 heavy (non-hydrogen) atoms. The van der Waals surface area contributed by atoms with Crippen molar-refractivity contribution in [3.8, 4) is 0 Å². The fraction of sp³-hybridized carbons (Fsp3) is 0.917. The maximum atomic E-state index is 12.2. The van der Waals surface area contributed by atoms with Gasteiger partial charge in [0.05, 0.1) is 5.92 Å². The van der Waals surface area contributed by atoms with Gasteiger partial charge in [0.2, 0.25) is 5.91 Å². The van der Waals surface area contributed by atoms with Gasteiger partial charge in [0, 0.05) is 19.6 Å². The lowest BCUT2D eigenvalue weighted by atomic mass is 9.94. The molecule has 3 nitrogen and oxygen atoms in total. The minimum absolute atomic E-state index is 0.232. The van der Waals surface area contributed by atoms with Crippen molar-refractivity contribution < 1.29 is 4.79 Å². The molecule has 0 spiro atoms. The number of amides is 1. The molecule has 3 atom stereocenters. The van der Waals surface area contributed by atoms with E-state index in [-0.39, 0.29) is 5.92 Å². The molecule has 2 aliphatic rings. The summed E-state index contributed by atoms with van der Waals surface area (Å²) in [4.78, 5) is 14.3. The molecule has 3 heteroatoms. The van der Waals surface area contributed by atoms with E-state index in [4.69, 9.17) is 0 Å². The highest BCUT2D eigenvalue weighted by Crippen LogP contribution is 2.22. The summed E-state index contributed by atoms with van der Waals surface area (Å²) in [7, 11) is 0. The second-order valence-electron chi connectivity index (χ2n) is 5.27. The predicted molar refractivity (Wildman–Crippen MR) is 60.5 cm³/mol. The Hall–Kier alpha value is -0.570. The highest BCUT2D eigenvalue weighted by Gasteiger charge is 2.33. The van der Waals surface area contributed by atoms with Gasteiger partial charge in [0.1, 0.15) is 0 Å². The maximum Gasteiger partial charge on any atom is 0.227 e. The zero-order chi connectivity index (χ0) is 10.8. The topological polar surface area (TPSA) is 32.3 Å². The van der Waals surface area contributed by atoms with Crippen LogP contribution in [0, 0.1) is 17.8 Å².